The summed E-state index contributed by atoms with van der Waals surface area (Å²) in [5.74, 6) is 2.76. The van der Waals surface area contributed by atoms with Gasteiger partial charge in [0.25, 0.3) is 0 Å². The van der Waals surface area contributed by atoms with Gasteiger partial charge >= 0.3 is 0 Å². The lowest BCUT2D eigenvalue weighted by Crippen LogP contribution is -2.28. The molecule has 0 radical (unpaired) electrons. The molecule has 0 aromatic rings. The molecule has 0 aliphatic carbocycles. The Morgan fingerprint density at radius 2 is 2.27 bits per heavy atom. The zero-order valence-corrected chi connectivity index (χ0v) is 7.52. The molecule has 0 rings (SSSR count). The molecule has 1 nitrogen and oxygen atoms in total. The largest absolute Gasteiger partial charge is 0.395 e. The average Bonchev–Trinajstić information content (AvgIpc) is 2.01. The standard InChI is InChI=1S/C10H16O/c1-6-10(5,7-11)9(4)8(2)3/h1,9,11H,2,7H2,3-5H3. The highest BCUT2D eigenvalue weighted by molar-refractivity contribution is 5.13. The van der Waals surface area contributed by atoms with Gasteiger partial charge in [0.1, 0.15) is 0 Å². The van der Waals surface area contributed by atoms with Crippen LogP contribution in [0.25, 0.3) is 0 Å². The molecule has 62 valence electrons. The maximum atomic E-state index is 9.02. The average molecular weight is 152 g/mol. The third-order valence-electron chi connectivity index (χ3n) is 2.35. The minimum absolute atomic E-state index is 0.0114. The van der Waals surface area contributed by atoms with Gasteiger partial charge in [0, 0.05) is 0 Å². The number of aliphatic hydroxyl groups excluding tert-OH is 1. The van der Waals surface area contributed by atoms with Crippen LogP contribution in [0.1, 0.15) is 20.8 Å². The first kappa shape index (κ1) is 10.3. The van der Waals surface area contributed by atoms with E-state index in [2.05, 4.69) is 12.5 Å². The van der Waals surface area contributed by atoms with E-state index in [0.29, 0.717) is 0 Å². The SMILES string of the molecule is C#CC(C)(CO)C(C)C(=C)C. The lowest BCUT2D eigenvalue weighted by molar-refractivity contribution is 0.156. The van der Waals surface area contributed by atoms with E-state index in [1.54, 1.807) is 0 Å². The molecule has 2 unspecified atom stereocenters. The molecule has 0 aliphatic heterocycles. The van der Waals surface area contributed by atoms with E-state index in [0.717, 1.165) is 5.57 Å². The van der Waals surface area contributed by atoms with Crippen molar-refractivity contribution in [3.05, 3.63) is 12.2 Å². The van der Waals surface area contributed by atoms with Gasteiger partial charge in [-0.15, -0.1) is 6.42 Å². The van der Waals surface area contributed by atoms with Gasteiger partial charge in [-0.25, -0.2) is 0 Å². The van der Waals surface area contributed by atoms with Crippen LogP contribution in [0.15, 0.2) is 12.2 Å². The second kappa shape index (κ2) is 3.59. The summed E-state index contributed by atoms with van der Waals surface area (Å²) in [6.45, 7) is 9.60. The van der Waals surface area contributed by atoms with Crippen molar-refractivity contribution in [2.45, 2.75) is 20.8 Å². The molecule has 0 saturated carbocycles. The monoisotopic (exact) mass is 152 g/mol. The first-order valence-electron chi connectivity index (χ1n) is 3.72. The Morgan fingerprint density at radius 3 is 2.36 bits per heavy atom. The predicted molar refractivity (Wildman–Crippen MR) is 48.0 cm³/mol. The van der Waals surface area contributed by atoms with Crippen LogP contribution in [0, 0.1) is 23.7 Å². The highest BCUT2D eigenvalue weighted by atomic mass is 16.3. The Kier molecular flexibility index (Phi) is 3.35. The molecule has 0 spiro atoms. The molecule has 0 saturated heterocycles. The smallest absolute Gasteiger partial charge is 0.0600 e. The van der Waals surface area contributed by atoms with E-state index in [1.807, 2.05) is 20.8 Å². The number of hydrogen-bond donors (Lipinski definition) is 1. The van der Waals surface area contributed by atoms with E-state index in [1.165, 1.54) is 0 Å². The Labute approximate surface area is 69.1 Å². The molecule has 0 amide bonds. The quantitative estimate of drug-likeness (QED) is 0.483. The maximum Gasteiger partial charge on any atom is 0.0600 e. The fourth-order valence-corrected chi connectivity index (χ4v) is 0.851. The van der Waals surface area contributed by atoms with Gasteiger partial charge in [0.15, 0.2) is 0 Å². The fourth-order valence-electron chi connectivity index (χ4n) is 0.851. The highest BCUT2D eigenvalue weighted by Crippen LogP contribution is 2.30. The van der Waals surface area contributed by atoms with Crippen molar-refractivity contribution >= 4 is 0 Å². The van der Waals surface area contributed by atoms with Crippen molar-refractivity contribution in [3.63, 3.8) is 0 Å². The molecule has 0 aromatic heterocycles. The summed E-state index contributed by atoms with van der Waals surface area (Å²) in [5.41, 5.74) is 0.561. The summed E-state index contributed by atoms with van der Waals surface area (Å²) in [5, 5.41) is 9.02. The molecule has 11 heavy (non-hydrogen) atoms. The van der Waals surface area contributed by atoms with Gasteiger partial charge in [0.2, 0.25) is 0 Å². The lowest BCUT2D eigenvalue weighted by Gasteiger charge is -2.28. The van der Waals surface area contributed by atoms with Crippen LogP contribution in [0.4, 0.5) is 0 Å². The summed E-state index contributed by atoms with van der Waals surface area (Å²) in [6.07, 6.45) is 5.31. The second-order valence-electron chi connectivity index (χ2n) is 3.29. The fraction of sp³-hybridized carbons (Fsp3) is 0.600. The molecular formula is C10H16O. The first-order valence-corrected chi connectivity index (χ1v) is 3.72. The molecule has 0 heterocycles. The highest BCUT2D eigenvalue weighted by Gasteiger charge is 2.28. The number of hydrogen-bond acceptors (Lipinski definition) is 1. The van der Waals surface area contributed by atoms with Crippen molar-refractivity contribution in [1.82, 2.24) is 0 Å². The minimum Gasteiger partial charge on any atom is -0.395 e. The van der Waals surface area contributed by atoms with Crippen molar-refractivity contribution in [2.75, 3.05) is 6.61 Å². The van der Waals surface area contributed by atoms with Gasteiger partial charge in [-0.3, -0.25) is 0 Å². The van der Waals surface area contributed by atoms with Crippen LogP contribution in [0.2, 0.25) is 0 Å². The van der Waals surface area contributed by atoms with Crippen molar-refractivity contribution in [1.29, 1.82) is 0 Å². The number of aliphatic hydroxyl groups is 1. The van der Waals surface area contributed by atoms with E-state index in [9.17, 15) is 0 Å². The second-order valence-corrected chi connectivity index (χ2v) is 3.29. The Bertz CT molecular complexity index is 188. The maximum absolute atomic E-state index is 9.02. The molecule has 2 atom stereocenters. The van der Waals surface area contributed by atoms with E-state index >= 15 is 0 Å². The number of rotatable bonds is 3. The molecule has 0 bridgehead atoms. The summed E-state index contributed by atoms with van der Waals surface area (Å²) in [4.78, 5) is 0. The minimum atomic E-state index is -0.453. The Morgan fingerprint density at radius 1 is 1.82 bits per heavy atom. The van der Waals surface area contributed by atoms with Gasteiger partial charge < -0.3 is 5.11 Å². The van der Waals surface area contributed by atoms with Crippen LogP contribution in [0.3, 0.4) is 0 Å². The first-order chi connectivity index (χ1) is 4.98. The molecule has 1 N–H and O–H groups in total. The third-order valence-corrected chi connectivity index (χ3v) is 2.35. The van der Waals surface area contributed by atoms with Crippen LogP contribution in [-0.2, 0) is 0 Å². The zero-order valence-electron chi connectivity index (χ0n) is 7.52. The molecule has 0 aliphatic rings. The van der Waals surface area contributed by atoms with Gasteiger partial charge in [-0.2, -0.15) is 0 Å². The molecular weight excluding hydrogens is 136 g/mol. The molecule has 1 heteroatoms. The summed E-state index contributed by atoms with van der Waals surface area (Å²) in [6, 6.07) is 0. The van der Waals surface area contributed by atoms with E-state index in [-0.39, 0.29) is 12.5 Å². The van der Waals surface area contributed by atoms with E-state index in [4.69, 9.17) is 11.5 Å². The summed E-state index contributed by atoms with van der Waals surface area (Å²) >= 11 is 0. The van der Waals surface area contributed by atoms with Crippen molar-refractivity contribution in [3.8, 4) is 12.3 Å². The van der Waals surface area contributed by atoms with Gasteiger partial charge in [-0.05, 0) is 19.8 Å². The van der Waals surface area contributed by atoms with Crippen LogP contribution >= 0.6 is 0 Å². The van der Waals surface area contributed by atoms with Crippen LogP contribution in [-0.4, -0.2) is 11.7 Å². The number of allylic oxidation sites excluding steroid dienone is 1. The van der Waals surface area contributed by atoms with Crippen molar-refractivity contribution < 1.29 is 5.11 Å². The number of terminal acetylenes is 1. The van der Waals surface area contributed by atoms with Gasteiger partial charge in [-0.1, -0.05) is 25.0 Å². The zero-order chi connectivity index (χ0) is 9.07. The topological polar surface area (TPSA) is 20.2 Å². The third kappa shape index (κ3) is 2.10. The van der Waals surface area contributed by atoms with Crippen molar-refractivity contribution in [2.24, 2.45) is 11.3 Å². The van der Waals surface area contributed by atoms with Crippen LogP contribution < -0.4 is 0 Å². The summed E-state index contributed by atoms with van der Waals surface area (Å²) in [7, 11) is 0. The Hall–Kier alpha value is -0.740. The summed E-state index contributed by atoms with van der Waals surface area (Å²) < 4.78 is 0. The molecule has 0 fully saturated rings. The normalized spacial score (nSPS) is 18.1. The van der Waals surface area contributed by atoms with Gasteiger partial charge in [0.05, 0.1) is 12.0 Å². The predicted octanol–water partition coefficient (Wildman–Crippen LogP) is 1.83. The lowest BCUT2D eigenvalue weighted by atomic mass is 9.76. The van der Waals surface area contributed by atoms with E-state index < -0.39 is 5.41 Å². The van der Waals surface area contributed by atoms with Crippen LogP contribution in [0.5, 0.6) is 0 Å². The molecule has 0 aromatic carbocycles. The Balaban J connectivity index is 4.53.